The van der Waals surface area contributed by atoms with Crippen LogP contribution in [-0.2, 0) is 9.59 Å². The lowest BCUT2D eigenvalue weighted by atomic mass is 9.94. The SMILES string of the molecule is Cc1ccc(/C(O)=C2/C(=O)C(=O)N(c3ccc(OC(F)(F)F)cc3)C2c2cccc(C)c2)cc1. The van der Waals surface area contributed by atoms with Crippen molar-refractivity contribution in [2.45, 2.75) is 26.3 Å². The summed E-state index contributed by atoms with van der Waals surface area (Å²) in [4.78, 5) is 27.4. The van der Waals surface area contributed by atoms with Crippen molar-refractivity contribution in [3.8, 4) is 5.75 Å². The molecule has 174 valence electrons. The first-order valence-corrected chi connectivity index (χ1v) is 10.4. The van der Waals surface area contributed by atoms with Crippen LogP contribution in [0.2, 0.25) is 0 Å². The molecule has 0 bridgehead atoms. The van der Waals surface area contributed by atoms with Gasteiger partial charge in [0.1, 0.15) is 11.5 Å². The molecule has 3 aromatic carbocycles. The number of aliphatic hydroxyl groups is 1. The number of Topliss-reactive ketones (excluding diaryl/α,β-unsaturated/α-hetero) is 1. The maximum Gasteiger partial charge on any atom is 0.573 e. The number of ether oxygens (including phenoxy) is 1. The van der Waals surface area contributed by atoms with Gasteiger partial charge in [-0.05, 0) is 43.7 Å². The number of carbonyl (C=O) groups is 2. The molecule has 1 saturated heterocycles. The zero-order valence-electron chi connectivity index (χ0n) is 18.3. The molecule has 1 amide bonds. The van der Waals surface area contributed by atoms with Gasteiger partial charge in [-0.3, -0.25) is 14.5 Å². The van der Waals surface area contributed by atoms with Gasteiger partial charge in [0, 0.05) is 11.3 Å². The smallest absolute Gasteiger partial charge is 0.507 e. The highest BCUT2D eigenvalue weighted by molar-refractivity contribution is 6.51. The Kier molecular flexibility index (Phi) is 5.91. The Labute approximate surface area is 193 Å². The molecule has 1 atom stereocenters. The number of anilines is 1. The molecule has 1 unspecified atom stereocenters. The summed E-state index contributed by atoms with van der Waals surface area (Å²) >= 11 is 0. The average Bonchev–Trinajstić information content (AvgIpc) is 3.04. The molecular weight excluding hydrogens is 447 g/mol. The number of ketones is 1. The van der Waals surface area contributed by atoms with Crippen molar-refractivity contribution in [1.29, 1.82) is 0 Å². The lowest BCUT2D eigenvalue weighted by molar-refractivity contribution is -0.274. The van der Waals surface area contributed by atoms with E-state index in [-0.39, 0.29) is 17.0 Å². The van der Waals surface area contributed by atoms with E-state index in [2.05, 4.69) is 4.74 Å². The number of carbonyl (C=O) groups excluding carboxylic acids is 2. The van der Waals surface area contributed by atoms with Gasteiger partial charge in [0.05, 0.1) is 11.6 Å². The lowest BCUT2D eigenvalue weighted by Crippen LogP contribution is -2.29. The third-order valence-electron chi connectivity index (χ3n) is 5.48. The van der Waals surface area contributed by atoms with Crippen LogP contribution < -0.4 is 9.64 Å². The first kappa shape index (κ1) is 23.1. The van der Waals surface area contributed by atoms with E-state index >= 15 is 0 Å². The van der Waals surface area contributed by atoms with E-state index in [9.17, 15) is 27.9 Å². The molecule has 0 saturated carbocycles. The fourth-order valence-corrected chi connectivity index (χ4v) is 3.93. The quantitative estimate of drug-likeness (QED) is 0.298. The molecule has 0 radical (unpaired) electrons. The summed E-state index contributed by atoms with van der Waals surface area (Å²) in [5.74, 6) is -2.58. The zero-order valence-corrected chi connectivity index (χ0v) is 18.3. The summed E-state index contributed by atoms with van der Waals surface area (Å²) in [5, 5.41) is 11.1. The van der Waals surface area contributed by atoms with Gasteiger partial charge >= 0.3 is 6.36 Å². The summed E-state index contributed by atoms with van der Waals surface area (Å²) in [5.41, 5.74) is 2.85. The Morgan fingerprint density at radius 2 is 1.56 bits per heavy atom. The molecular formula is C26H20F3NO4. The topological polar surface area (TPSA) is 66.8 Å². The van der Waals surface area contributed by atoms with Crippen molar-refractivity contribution in [1.82, 2.24) is 0 Å². The van der Waals surface area contributed by atoms with E-state index in [0.29, 0.717) is 11.1 Å². The Balaban J connectivity index is 1.86. The number of rotatable bonds is 4. The summed E-state index contributed by atoms with van der Waals surface area (Å²) in [6.45, 7) is 3.72. The Morgan fingerprint density at radius 3 is 2.15 bits per heavy atom. The van der Waals surface area contributed by atoms with E-state index in [4.69, 9.17) is 0 Å². The van der Waals surface area contributed by atoms with Crippen molar-refractivity contribution < 1.29 is 32.6 Å². The standard InChI is InChI=1S/C26H20F3NO4/c1-15-6-8-17(9-7-15)23(31)21-22(18-5-3-4-16(2)14-18)30(25(33)24(21)32)19-10-12-20(13-11-19)34-26(27,28)29/h3-14,22,31H,1-2H3/b23-21-. The minimum atomic E-state index is -4.86. The maximum absolute atomic E-state index is 13.1. The normalized spacial score (nSPS) is 17.8. The second kappa shape index (κ2) is 8.70. The highest BCUT2D eigenvalue weighted by Crippen LogP contribution is 2.42. The molecule has 3 aromatic rings. The Hall–Kier alpha value is -4.07. The second-order valence-electron chi connectivity index (χ2n) is 7.99. The Morgan fingerprint density at radius 1 is 0.912 bits per heavy atom. The number of amides is 1. The lowest BCUT2D eigenvalue weighted by Gasteiger charge is -2.26. The third kappa shape index (κ3) is 4.52. The van der Waals surface area contributed by atoms with Gasteiger partial charge in [0.15, 0.2) is 0 Å². The molecule has 1 heterocycles. The van der Waals surface area contributed by atoms with Crippen LogP contribution in [0.25, 0.3) is 5.76 Å². The number of halogens is 3. The van der Waals surface area contributed by atoms with Gasteiger partial charge in [-0.2, -0.15) is 0 Å². The number of hydrogen-bond donors (Lipinski definition) is 1. The molecule has 1 aliphatic heterocycles. The van der Waals surface area contributed by atoms with Gasteiger partial charge in [0.25, 0.3) is 11.7 Å². The van der Waals surface area contributed by atoms with Gasteiger partial charge in [-0.25, -0.2) is 0 Å². The third-order valence-corrected chi connectivity index (χ3v) is 5.48. The van der Waals surface area contributed by atoms with Crippen LogP contribution in [0.3, 0.4) is 0 Å². The molecule has 0 spiro atoms. The van der Waals surface area contributed by atoms with Gasteiger partial charge in [-0.15, -0.1) is 13.2 Å². The van der Waals surface area contributed by atoms with Gasteiger partial charge in [-0.1, -0.05) is 59.7 Å². The van der Waals surface area contributed by atoms with Crippen LogP contribution in [0.5, 0.6) is 5.75 Å². The second-order valence-corrected chi connectivity index (χ2v) is 7.99. The van der Waals surface area contributed by atoms with Crippen molar-refractivity contribution in [2.75, 3.05) is 4.90 Å². The molecule has 0 aliphatic carbocycles. The molecule has 1 aliphatic rings. The number of alkyl halides is 3. The maximum atomic E-state index is 13.1. The van der Waals surface area contributed by atoms with Gasteiger partial charge < -0.3 is 9.84 Å². The largest absolute Gasteiger partial charge is 0.573 e. The predicted octanol–water partition coefficient (Wildman–Crippen LogP) is 5.83. The van der Waals surface area contributed by atoms with Crippen LogP contribution in [0.1, 0.15) is 28.3 Å². The molecule has 34 heavy (non-hydrogen) atoms. The number of aliphatic hydroxyl groups excluding tert-OH is 1. The van der Waals surface area contributed by atoms with E-state index in [1.165, 1.54) is 17.0 Å². The van der Waals surface area contributed by atoms with E-state index in [1.807, 2.05) is 19.9 Å². The number of nitrogens with zero attached hydrogens (tertiary/aromatic N) is 1. The number of aryl methyl sites for hydroxylation is 2. The van der Waals surface area contributed by atoms with Crippen LogP contribution in [-0.4, -0.2) is 23.2 Å². The van der Waals surface area contributed by atoms with Crippen LogP contribution in [0, 0.1) is 13.8 Å². The monoisotopic (exact) mass is 467 g/mol. The zero-order chi connectivity index (χ0) is 24.6. The molecule has 1 N–H and O–H groups in total. The van der Waals surface area contributed by atoms with Crippen molar-refractivity contribution in [3.05, 3.63) is 101 Å². The summed E-state index contributed by atoms with van der Waals surface area (Å²) in [7, 11) is 0. The molecule has 0 aromatic heterocycles. The van der Waals surface area contributed by atoms with E-state index in [0.717, 1.165) is 23.3 Å². The summed E-state index contributed by atoms with van der Waals surface area (Å²) in [6.07, 6.45) is -4.86. The predicted molar refractivity (Wildman–Crippen MR) is 120 cm³/mol. The van der Waals surface area contributed by atoms with E-state index < -0.39 is 29.8 Å². The van der Waals surface area contributed by atoms with Crippen LogP contribution in [0.15, 0.2) is 78.4 Å². The van der Waals surface area contributed by atoms with Crippen molar-refractivity contribution >= 4 is 23.1 Å². The minimum Gasteiger partial charge on any atom is -0.507 e. The number of benzene rings is 3. The summed E-state index contributed by atoms with van der Waals surface area (Å²) in [6, 6.07) is 17.6. The first-order chi connectivity index (χ1) is 16.0. The fraction of sp³-hybridized carbons (Fsp3) is 0.154. The van der Waals surface area contributed by atoms with Crippen molar-refractivity contribution in [2.24, 2.45) is 0 Å². The fourth-order valence-electron chi connectivity index (χ4n) is 3.93. The molecule has 4 rings (SSSR count). The molecule has 5 nitrogen and oxygen atoms in total. The van der Waals surface area contributed by atoms with Crippen molar-refractivity contribution in [3.63, 3.8) is 0 Å². The van der Waals surface area contributed by atoms with Crippen LogP contribution >= 0.6 is 0 Å². The Bertz CT molecular complexity index is 1280. The number of hydrogen-bond acceptors (Lipinski definition) is 4. The highest BCUT2D eigenvalue weighted by atomic mass is 19.4. The first-order valence-electron chi connectivity index (χ1n) is 10.4. The molecule has 1 fully saturated rings. The highest BCUT2D eigenvalue weighted by Gasteiger charge is 2.47. The van der Waals surface area contributed by atoms with Gasteiger partial charge in [0.2, 0.25) is 0 Å². The van der Waals surface area contributed by atoms with E-state index in [1.54, 1.807) is 42.5 Å². The average molecular weight is 467 g/mol. The molecule has 8 heteroatoms. The van der Waals surface area contributed by atoms with Crippen LogP contribution in [0.4, 0.5) is 18.9 Å². The summed E-state index contributed by atoms with van der Waals surface area (Å²) < 4.78 is 41.5. The minimum absolute atomic E-state index is 0.102.